The van der Waals surface area contributed by atoms with Gasteiger partial charge in [0.15, 0.2) is 5.69 Å². The van der Waals surface area contributed by atoms with E-state index in [-0.39, 0.29) is 28.4 Å². The van der Waals surface area contributed by atoms with Crippen LogP contribution in [0.1, 0.15) is 51.2 Å². The Labute approximate surface area is 216 Å². The molecule has 3 rings (SSSR count). The molecule has 1 atom stereocenters. The number of benzene rings is 2. The minimum Gasteiger partial charge on any atom is -0.465 e. The molecular formula is C25H26FN5O5S. The van der Waals surface area contributed by atoms with Gasteiger partial charge in [0, 0.05) is 5.69 Å². The molecule has 10 nitrogen and oxygen atoms in total. The number of esters is 1. The highest BCUT2D eigenvalue weighted by Gasteiger charge is 2.37. The summed E-state index contributed by atoms with van der Waals surface area (Å²) in [5.74, 6) is -3.57. The second kappa shape index (κ2) is 12.1. The Balaban J connectivity index is 2.20. The molecule has 0 bridgehead atoms. The van der Waals surface area contributed by atoms with Crippen molar-refractivity contribution in [3.05, 3.63) is 76.0 Å². The molecule has 37 heavy (non-hydrogen) atoms. The van der Waals surface area contributed by atoms with Crippen molar-refractivity contribution in [3.63, 3.8) is 0 Å². The summed E-state index contributed by atoms with van der Waals surface area (Å²) in [5.41, 5.74) is 12.3. The van der Waals surface area contributed by atoms with Crippen LogP contribution in [0.25, 0.3) is 0 Å². The van der Waals surface area contributed by atoms with Gasteiger partial charge in [0.25, 0.3) is 11.8 Å². The summed E-state index contributed by atoms with van der Waals surface area (Å²) in [7, 11) is 0. The molecule has 0 aliphatic carbocycles. The highest BCUT2D eigenvalue weighted by Crippen LogP contribution is 2.35. The lowest BCUT2D eigenvalue weighted by atomic mass is 10.0. The normalized spacial score (nSPS) is 11.4. The van der Waals surface area contributed by atoms with Crippen LogP contribution < -0.4 is 21.7 Å². The number of halogens is 1. The second-order valence-electron chi connectivity index (χ2n) is 7.77. The van der Waals surface area contributed by atoms with Crippen LogP contribution in [-0.4, -0.2) is 41.2 Å². The van der Waals surface area contributed by atoms with Crippen LogP contribution in [0.5, 0.6) is 0 Å². The van der Waals surface area contributed by atoms with Crippen molar-refractivity contribution in [2.24, 2.45) is 5.73 Å². The predicted molar refractivity (Wildman–Crippen MR) is 136 cm³/mol. The molecule has 0 saturated carbocycles. The SMILES string of the molecule is CCOC(=O)CNC(=O)C(c1ccc(F)cc1)N(C(=O)c1snc(C(N)=O)c1N)c1ccccc1CC. The molecule has 194 valence electrons. The number of nitrogens with two attached hydrogens (primary N) is 2. The van der Waals surface area contributed by atoms with Gasteiger partial charge in [0.1, 0.15) is 23.3 Å². The van der Waals surface area contributed by atoms with Crippen LogP contribution in [0, 0.1) is 5.82 Å². The molecule has 0 fully saturated rings. The average Bonchev–Trinajstić information content (AvgIpc) is 3.28. The van der Waals surface area contributed by atoms with Crippen molar-refractivity contribution < 1.29 is 28.3 Å². The third-order valence-electron chi connectivity index (χ3n) is 5.41. The number of aromatic nitrogens is 1. The van der Waals surface area contributed by atoms with Gasteiger partial charge in [-0.3, -0.25) is 24.1 Å². The zero-order valence-electron chi connectivity index (χ0n) is 20.2. The number of ether oxygens (including phenoxy) is 1. The molecule has 0 spiro atoms. The van der Waals surface area contributed by atoms with Gasteiger partial charge in [-0.1, -0.05) is 37.3 Å². The van der Waals surface area contributed by atoms with E-state index >= 15 is 0 Å². The smallest absolute Gasteiger partial charge is 0.325 e. The molecular weight excluding hydrogens is 501 g/mol. The van der Waals surface area contributed by atoms with E-state index in [1.807, 2.05) is 6.92 Å². The molecule has 3 aromatic rings. The lowest BCUT2D eigenvalue weighted by molar-refractivity contribution is -0.143. The highest BCUT2D eigenvalue weighted by molar-refractivity contribution is 7.09. The fourth-order valence-corrected chi connectivity index (χ4v) is 4.42. The minimum absolute atomic E-state index is 0.106. The van der Waals surface area contributed by atoms with Crippen LogP contribution >= 0.6 is 11.5 Å². The Morgan fingerprint density at radius 2 is 1.78 bits per heavy atom. The van der Waals surface area contributed by atoms with Crippen LogP contribution in [0.3, 0.4) is 0 Å². The molecule has 0 aliphatic heterocycles. The van der Waals surface area contributed by atoms with Crippen molar-refractivity contribution in [2.45, 2.75) is 26.3 Å². The summed E-state index contributed by atoms with van der Waals surface area (Å²) in [4.78, 5) is 52.3. The van der Waals surface area contributed by atoms with E-state index in [4.69, 9.17) is 16.2 Å². The van der Waals surface area contributed by atoms with Gasteiger partial charge < -0.3 is 21.5 Å². The zero-order chi connectivity index (χ0) is 27.1. The standard InChI is InChI=1S/C25H26FN5O5S/c1-3-14-7-5-6-8-17(14)31(25(35)22-19(27)20(23(28)33)30-37-22)21(15-9-11-16(26)12-10-15)24(34)29-13-18(32)36-4-2/h5-12,21H,3-4,13,27H2,1-2H3,(H2,28,33)(H,29,34). The largest absolute Gasteiger partial charge is 0.465 e. The summed E-state index contributed by atoms with van der Waals surface area (Å²) >= 11 is 0.668. The summed E-state index contributed by atoms with van der Waals surface area (Å²) in [5, 5.41) is 2.49. The first-order chi connectivity index (χ1) is 17.7. The summed E-state index contributed by atoms with van der Waals surface area (Å²) < 4.78 is 22.6. The number of para-hydroxylation sites is 1. The lowest BCUT2D eigenvalue weighted by Crippen LogP contribution is -2.45. The van der Waals surface area contributed by atoms with Crippen molar-refractivity contribution in [2.75, 3.05) is 23.8 Å². The van der Waals surface area contributed by atoms with Crippen molar-refractivity contribution in [1.82, 2.24) is 9.69 Å². The number of amides is 3. The Kier molecular flexibility index (Phi) is 8.90. The van der Waals surface area contributed by atoms with Crippen LogP contribution in [-0.2, 0) is 20.7 Å². The molecule has 1 aromatic heterocycles. The van der Waals surface area contributed by atoms with E-state index in [9.17, 15) is 23.6 Å². The molecule has 1 unspecified atom stereocenters. The van der Waals surface area contributed by atoms with Gasteiger partial charge in [-0.05, 0) is 54.2 Å². The van der Waals surface area contributed by atoms with E-state index in [1.54, 1.807) is 31.2 Å². The Morgan fingerprint density at radius 1 is 1.11 bits per heavy atom. The summed E-state index contributed by atoms with van der Waals surface area (Å²) in [6.45, 7) is 3.18. The van der Waals surface area contributed by atoms with Gasteiger partial charge in [0.2, 0.25) is 5.91 Å². The van der Waals surface area contributed by atoms with Crippen molar-refractivity contribution in [1.29, 1.82) is 0 Å². The first-order valence-electron chi connectivity index (χ1n) is 11.3. The monoisotopic (exact) mass is 527 g/mol. The van der Waals surface area contributed by atoms with E-state index in [1.165, 1.54) is 17.0 Å². The third-order valence-corrected chi connectivity index (χ3v) is 6.26. The Morgan fingerprint density at radius 3 is 2.38 bits per heavy atom. The number of carbonyl (C=O) groups excluding carboxylic acids is 4. The molecule has 12 heteroatoms. The number of carbonyl (C=O) groups is 4. The molecule has 2 aromatic carbocycles. The van der Waals surface area contributed by atoms with E-state index in [0.29, 0.717) is 23.6 Å². The number of nitrogens with one attached hydrogen (secondary N) is 1. The molecule has 0 radical (unpaired) electrons. The first-order valence-corrected chi connectivity index (χ1v) is 12.1. The van der Waals surface area contributed by atoms with Crippen molar-refractivity contribution >= 4 is 46.6 Å². The van der Waals surface area contributed by atoms with E-state index in [0.717, 1.165) is 17.7 Å². The zero-order valence-corrected chi connectivity index (χ0v) is 21.0. The fourth-order valence-electron chi connectivity index (χ4n) is 3.68. The van der Waals surface area contributed by atoms with Crippen LogP contribution in [0.15, 0.2) is 48.5 Å². The fraction of sp³-hybridized carbons (Fsp3) is 0.240. The average molecular weight is 528 g/mol. The number of hydrogen-bond acceptors (Lipinski definition) is 8. The number of nitrogen functional groups attached to an aromatic ring is 1. The van der Waals surface area contributed by atoms with Crippen LogP contribution in [0.2, 0.25) is 0 Å². The maximum Gasteiger partial charge on any atom is 0.325 e. The summed E-state index contributed by atoms with van der Waals surface area (Å²) in [6, 6.07) is 10.6. The molecule has 3 amide bonds. The van der Waals surface area contributed by atoms with E-state index in [2.05, 4.69) is 9.69 Å². The highest BCUT2D eigenvalue weighted by atomic mass is 32.1. The molecule has 0 aliphatic rings. The maximum absolute atomic E-state index is 14.0. The molecule has 5 N–H and O–H groups in total. The quantitative estimate of drug-likeness (QED) is 0.342. The van der Waals surface area contributed by atoms with Gasteiger partial charge in [-0.15, -0.1) is 0 Å². The van der Waals surface area contributed by atoms with Crippen molar-refractivity contribution in [3.8, 4) is 0 Å². The first kappa shape index (κ1) is 27.3. The number of hydrogen-bond donors (Lipinski definition) is 3. The molecule has 0 saturated heterocycles. The second-order valence-corrected chi connectivity index (χ2v) is 8.55. The number of aryl methyl sites for hydroxylation is 1. The Bertz CT molecular complexity index is 1310. The summed E-state index contributed by atoms with van der Waals surface area (Å²) in [6.07, 6.45) is 0.505. The van der Waals surface area contributed by atoms with Gasteiger partial charge in [0.05, 0.1) is 12.3 Å². The predicted octanol–water partition coefficient (Wildman–Crippen LogP) is 2.59. The topological polar surface area (TPSA) is 158 Å². The number of rotatable bonds is 10. The maximum atomic E-state index is 14.0. The number of primary amides is 1. The van der Waals surface area contributed by atoms with Gasteiger partial charge in [-0.2, -0.15) is 4.37 Å². The third kappa shape index (κ3) is 6.09. The number of nitrogens with zero attached hydrogens (tertiary/aromatic N) is 2. The van der Waals surface area contributed by atoms with Crippen LogP contribution in [0.4, 0.5) is 15.8 Å². The van der Waals surface area contributed by atoms with E-state index < -0.39 is 42.1 Å². The molecule has 1 heterocycles. The van der Waals surface area contributed by atoms with Gasteiger partial charge >= 0.3 is 5.97 Å². The number of anilines is 2. The van der Waals surface area contributed by atoms with Gasteiger partial charge in [-0.25, -0.2) is 4.39 Å². The Hall–Kier alpha value is -4.32. The lowest BCUT2D eigenvalue weighted by Gasteiger charge is -2.32. The minimum atomic E-state index is -1.35.